The summed E-state index contributed by atoms with van der Waals surface area (Å²) in [5.41, 5.74) is 0.742. The summed E-state index contributed by atoms with van der Waals surface area (Å²) in [7, 11) is 0. The molecule has 0 spiro atoms. The van der Waals surface area contributed by atoms with E-state index in [4.69, 9.17) is 0 Å². The SMILES string of the molecule is CC1CCC(CNC(=O)c2ccc3ccccc3c2)CN1. The van der Waals surface area contributed by atoms with E-state index in [2.05, 4.69) is 23.6 Å². The maximum absolute atomic E-state index is 12.3. The lowest BCUT2D eigenvalue weighted by Crippen LogP contribution is -2.41. The van der Waals surface area contributed by atoms with Crippen LogP contribution in [0.5, 0.6) is 0 Å². The van der Waals surface area contributed by atoms with Gasteiger partial charge < -0.3 is 10.6 Å². The zero-order valence-corrected chi connectivity index (χ0v) is 12.4. The highest BCUT2D eigenvalue weighted by atomic mass is 16.1. The predicted octanol–water partition coefficient (Wildman–Crippen LogP) is 2.96. The normalized spacial score (nSPS) is 22.1. The molecule has 2 aromatic carbocycles. The number of piperidine rings is 1. The van der Waals surface area contributed by atoms with Crippen LogP contribution in [0.2, 0.25) is 0 Å². The largest absolute Gasteiger partial charge is 0.352 e. The maximum Gasteiger partial charge on any atom is 0.251 e. The monoisotopic (exact) mass is 282 g/mol. The van der Waals surface area contributed by atoms with Gasteiger partial charge in [0.15, 0.2) is 0 Å². The summed E-state index contributed by atoms with van der Waals surface area (Å²) in [6.07, 6.45) is 2.38. The third kappa shape index (κ3) is 3.42. The molecule has 21 heavy (non-hydrogen) atoms. The van der Waals surface area contributed by atoms with Crippen LogP contribution in [-0.2, 0) is 0 Å². The lowest BCUT2D eigenvalue weighted by Gasteiger charge is -2.27. The van der Waals surface area contributed by atoms with Gasteiger partial charge in [0.2, 0.25) is 0 Å². The summed E-state index contributed by atoms with van der Waals surface area (Å²) in [5.74, 6) is 0.574. The van der Waals surface area contributed by atoms with Crippen LogP contribution in [0.3, 0.4) is 0 Å². The smallest absolute Gasteiger partial charge is 0.251 e. The third-order valence-electron chi connectivity index (χ3n) is 4.33. The fraction of sp³-hybridized carbons (Fsp3) is 0.389. The molecule has 110 valence electrons. The average molecular weight is 282 g/mol. The van der Waals surface area contributed by atoms with Crippen molar-refractivity contribution in [2.75, 3.05) is 13.1 Å². The van der Waals surface area contributed by atoms with E-state index >= 15 is 0 Å². The first kappa shape index (κ1) is 14.1. The van der Waals surface area contributed by atoms with E-state index < -0.39 is 0 Å². The molecule has 3 heteroatoms. The average Bonchev–Trinajstić information content (AvgIpc) is 2.53. The molecular formula is C18H22N2O. The number of hydrogen-bond acceptors (Lipinski definition) is 2. The van der Waals surface area contributed by atoms with Crippen LogP contribution in [0.25, 0.3) is 10.8 Å². The Labute approximate surface area is 125 Å². The van der Waals surface area contributed by atoms with E-state index in [1.54, 1.807) is 0 Å². The Kier molecular flexibility index (Phi) is 4.20. The molecule has 1 aliphatic heterocycles. The van der Waals surface area contributed by atoms with E-state index in [0.717, 1.165) is 24.0 Å². The summed E-state index contributed by atoms with van der Waals surface area (Å²) >= 11 is 0. The Morgan fingerprint density at radius 3 is 2.76 bits per heavy atom. The van der Waals surface area contributed by atoms with Crippen molar-refractivity contribution in [1.82, 2.24) is 10.6 Å². The van der Waals surface area contributed by atoms with E-state index in [0.29, 0.717) is 12.0 Å². The molecule has 1 heterocycles. The van der Waals surface area contributed by atoms with Gasteiger partial charge in [0.05, 0.1) is 0 Å². The van der Waals surface area contributed by atoms with Gasteiger partial charge in [-0.3, -0.25) is 4.79 Å². The standard InChI is InChI=1S/C18H22N2O/c1-13-6-7-14(11-19-13)12-20-18(21)17-9-8-15-4-2-3-5-16(15)10-17/h2-5,8-10,13-14,19H,6-7,11-12H2,1H3,(H,20,21). The van der Waals surface area contributed by atoms with Gasteiger partial charge in [0.1, 0.15) is 0 Å². The van der Waals surface area contributed by atoms with Crippen molar-refractivity contribution in [2.24, 2.45) is 5.92 Å². The first-order chi connectivity index (χ1) is 10.2. The number of benzene rings is 2. The molecule has 0 aliphatic carbocycles. The van der Waals surface area contributed by atoms with Crippen LogP contribution in [0, 0.1) is 5.92 Å². The number of carbonyl (C=O) groups excluding carboxylic acids is 1. The van der Waals surface area contributed by atoms with Crippen molar-refractivity contribution in [3.63, 3.8) is 0 Å². The molecule has 2 unspecified atom stereocenters. The number of rotatable bonds is 3. The lowest BCUT2D eigenvalue weighted by molar-refractivity contribution is 0.0944. The number of fused-ring (bicyclic) bond motifs is 1. The summed E-state index contributed by atoms with van der Waals surface area (Å²) in [5, 5.41) is 8.81. The minimum absolute atomic E-state index is 0.0272. The second kappa shape index (κ2) is 6.27. The number of amides is 1. The Bertz CT molecular complexity index is 630. The van der Waals surface area contributed by atoms with Crippen LogP contribution in [-0.4, -0.2) is 25.0 Å². The van der Waals surface area contributed by atoms with Gasteiger partial charge in [-0.1, -0.05) is 30.3 Å². The van der Waals surface area contributed by atoms with Crippen molar-refractivity contribution in [1.29, 1.82) is 0 Å². The molecule has 0 saturated carbocycles. The van der Waals surface area contributed by atoms with Gasteiger partial charge >= 0.3 is 0 Å². The number of nitrogens with one attached hydrogen (secondary N) is 2. The van der Waals surface area contributed by atoms with Crippen LogP contribution < -0.4 is 10.6 Å². The van der Waals surface area contributed by atoms with Gasteiger partial charge in [-0.15, -0.1) is 0 Å². The molecule has 0 bridgehead atoms. The zero-order valence-electron chi connectivity index (χ0n) is 12.4. The van der Waals surface area contributed by atoms with Gasteiger partial charge in [-0.25, -0.2) is 0 Å². The Morgan fingerprint density at radius 1 is 1.19 bits per heavy atom. The van der Waals surface area contributed by atoms with Gasteiger partial charge in [0.25, 0.3) is 5.91 Å². The summed E-state index contributed by atoms with van der Waals surface area (Å²) in [6.45, 7) is 3.97. The second-order valence-corrected chi connectivity index (χ2v) is 6.02. The van der Waals surface area contributed by atoms with Crippen LogP contribution in [0.4, 0.5) is 0 Å². The first-order valence-electron chi connectivity index (χ1n) is 7.73. The van der Waals surface area contributed by atoms with E-state index in [-0.39, 0.29) is 5.91 Å². The Morgan fingerprint density at radius 2 is 2.00 bits per heavy atom. The zero-order chi connectivity index (χ0) is 14.7. The molecule has 2 aromatic rings. The minimum Gasteiger partial charge on any atom is -0.352 e. The lowest BCUT2D eigenvalue weighted by atomic mass is 9.95. The highest BCUT2D eigenvalue weighted by Gasteiger charge is 2.18. The minimum atomic E-state index is 0.0272. The highest BCUT2D eigenvalue weighted by molar-refractivity contribution is 5.98. The quantitative estimate of drug-likeness (QED) is 0.908. The molecular weight excluding hydrogens is 260 g/mol. The summed E-state index contributed by atoms with van der Waals surface area (Å²) < 4.78 is 0. The van der Waals surface area contributed by atoms with E-state index in [9.17, 15) is 4.79 Å². The van der Waals surface area contributed by atoms with Gasteiger partial charge in [-0.05, 0) is 55.1 Å². The molecule has 2 N–H and O–H groups in total. The molecule has 1 amide bonds. The van der Waals surface area contributed by atoms with E-state index in [1.807, 2.05) is 36.4 Å². The molecule has 1 fully saturated rings. The molecule has 1 saturated heterocycles. The van der Waals surface area contributed by atoms with Crippen LogP contribution >= 0.6 is 0 Å². The highest BCUT2D eigenvalue weighted by Crippen LogP contribution is 2.16. The topological polar surface area (TPSA) is 41.1 Å². The molecule has 0 aromatic heterocycles. The van der Waals surface area contributed by atoms with Gasteiger partial charge in [0, 0.05) is 18.2 Å². The van der Waals surface area contributed by atoms with Crippen LogP contribution in [0.1, 0.15) is 30.1 Å². The maximum atomic E-state index is 12.3. The van der Waals surface area contributed by atoms with Crippen molar-refractivity contribution in [2.45, 2.75) is 25.8 Å². The molecule has 0 radical (unpaired) electrons. The predicted molar refractivity (Wildman–Crippen MR) is 86.5 cm³/mol. The van der Waals surface area contributed by atoms with Gasteiger partial charge in [-0.2, -0.15) is 0 Å². The number of carbonyl (C=O) groups is 1. The summed E-state index contributed by atoms with van der Waals surface area (Å²) in [4.78, 5) is 12.3. The molecule has 3 nitrogen and oxygen atoms in total. The second-order valence-electron chi connectivity index (χ2n) is 6.02. The van der Waals surface area contributed by atoms with E-state index in [1.165, 1.54) is 18.2 Å². The molecule has 2 atom stereocenters. The third-order valence-corrected chi connectivity index (χ3v) is 4.33. The van der Waals surface area contributed by atoms with Crippen molar-refractivity contribution in [3.8, 4) is 0 Å². The van der Waals surface area contributed by atoms with Crippen LogP contribution in [0.15, 0.2) is 42.5 Å². The Hall–Kier alpha value is -1.87. The molecule has 1 aliphatic rings. The fourth-order valence-electron chi connectivity index (χ4n) is 2.90. The number of hydrogen-bond donors (Lipinski definition) is 2. The van der Waals surface area contributed by atoms with Crippen molar-refractivity contribution >= 4 is 16.7 Å². The first-order valence-corrected chi connectivity index (χ1v) is 7.73. The van der Waals surface area contributed by atoms with Crippen molar-refractivity contribution in [3.05, 3.63) is 48.0 Å². The molecule has 3 rings (SSSR count). The Balaban J connectivity index is 1.61. The summed E-state index contributed by atoms with van der Waals surface area (Å²) in [6, 6.07) is 14.6. The fourth-order valence-corrected chi connectivity index (χ4v) is 2.90. The van der Waals surface area contributed by atoms with Crippen molar-refractivity contribution < 1.29 is 4.79 Å².